The molecule has 1 heterocycles. The van der Waals surface area contributed by atoms with Crippen LogP contribution in [0.5, 0.6) is 0 Å². The van der Waals surface area contributed by atoms with E-state index in [1.165, 1.54) is 0 Å². The van der Waals surface area contributed by atoms with Crippen LogP contribution in [0.3, 0.4) is 0 Å². The average Bonchev–Trinajstić information content (AvgIpc) is 2.17. The predicted octanol–water partition coefficient (Wildman–Crippen LogP) is 2.57. The number of halogens is 1. The van der Waals surface area contributed by atoms with Crippen LogP contribution < -0.4 is 5.32 Å². The van der Waals surface area contributed by atoms with E-state index in [9.17, 15) is 0 Å². The fraction of sp³-hybridized carbons (Fsp3) is 0.500. The van der Waals surface area contributed by atoms with Crippen molar-refractivity contribution in [1.82, 2.24) is 4.98 Å². The Labute approximate surface area is 89.4 Å². The molecule has 0 radical (unpaired) electrons. The normalized spacial score (nSPS) is 12.5. The molecular formula is C10H15ClN2O. The maximum atomic E-state index is 5.77. The summed E-state index contributed by atoms with van der Waals surface area (Å²) in [5.74, 6) is 0. The van der Waals surface area contributed by atoms with Crippen molar-refractivity contribution in [2.75, 3.05) is 19.0 Å². The summed E-state index contributed by atoms with van der Waals surface area (Å²) in [5.41, 5.74) is 0.980. The van der Waals surface area contributed by atoms with Gasteiger partial charge >= 0.3 is 0 Å². The highest BCUT2D eigenvalue weighted by atomic mass is 35.5. The zero-order chi connectivity index (χ0) is 10.4. The van der Waals surface area contributed by atoms with Crippen LogP contribution in [-0.2, 0) is 4.74 Å². The van der Waals surface area contributed by atoms with E-state index in [0.29, 0.717) is 17.8 Å². The number of ether oxygens (including phenoxy) is 1. The van der Waals surface area contributed by atoms with Gasteiger partial charge in [-0.2, -0.15) is 0 Å². The van der Waals surface area contributed by atoms with Crippen LogP contribution in [0.15, 0.2) is 18.3 Å². The molecule has 0 saturated heterocycles. The first kappa shape index (κ1) is 11.3. The number of hydrogen-bond donors (Lipinski definition) is 1. The maximum Gasteiger partial charge on any atom is 0.131 e. The topological polar surface area (TPSA) is 34.1 Å². The fourth-order valence-electron chi connectivity index (χ4n) is 1.19. The molecule has 78 valence electrons. The molecule has 0 aromatic carbocycles. The molecule has 1 atom stereocenters. The number of pyridine rings is 1. The minimum atomic E-state index is 0.318. The first-order valence-corrected chi connectivity index (χ1v) is 5.01. The van der Waals surface area contributed by atoms with Crippen LogP contribution in [0.25, 0.3) is 0 Å². The first-order valence-electron chi connectivity index (χ1n) is 4.63. The van der Waals surface area contributed by atoms with Crippen LogP contribution in [0.4, 0.5) is 5.69 Å². The van der Waals surface area contributed by atoms with Gasteiger partial charge in [0.2, 0.25) is 0 Å². The Kier molecular flexibility index (Phi) is 4.70. The van der Waals surface area contributed by atoms with Crippen LogP contribution in [0.1, 0.15) is 13.3 Å². The molecule has 0 aliphatic carbocycles. The lowest BCUT2D eigenvalue weighted by Gasteiger charge is -2.16. The van der Waals surface area contributed by atoms with Crippen molar-refractivity contribution in [3.05, 3.63) is 23.5 Å². The molecule has 1 aromatic rings. The van der Waals surface area contributed by atoms with E-state index in [0.717, 1.165) is 12.1 Å². The van der Waals surface area contributed by atoms with Crippen LogP contribution >= 0.6 is 11.6 Å². The van der Waals surface area contributed by atoms with Crippen LogP contribution in [0, 0.1) is 0 Å². The second-order valence-electron chi connectivity index (χ2n) is 3.07. The van der Waals surface area contributed by atoms with Crippen LogP contribution in [0.2, 0.25) is 5.15 Å². The number of anilines is 1. The average molecular weight is 215 g/mol. The molecule has 1 unspecified atom stereocenters. The molecule has 1 rings (SSSR count). The Morgan fingerprint density at radius 3 is 3.00 bits per heavy atom. The van der Waals surface area contributed by atoms with Crippen molar-refractivity contribution < 1.29 is 4.74 Å². The Hall–Kier alpha value is -0.800. The quantitative estimate of drug-likeness (QED) is 0.765. The molecule has 0 aliphatic rings. The van der Waals surface area contributed by atoms with Gasteiger partial charge in [0.1, 0.15) is 5.15 Å². The summed E-state index contributed by atoms with van der Waals surface area (Å²) < 4.78 is 5.09. The monoisotopic (exact) mass is 214 g/mol. The molecule has 0 saturated carbocycles. The van der Waals surface area contributed by atoms with E-state index < -0.39 is 0 Å². The third kappa shape index (κ3) is 3.52. The summed E-state index contributed by atoms with van der Waals surface area (Å²) in [7, 11) is 1.70. The second-order valence-corrected chi connectivity index (χ2v) is 3.46. The smallest absolute Gasteiger partial charge is 0.131 e. The molecule has 0 bridgehead atoms. The number of aromatic nitrogens is 1. The lowest BCUT2D eigenvalue weighted by atomic mass is 10.2. The largest absolute Gasteiger partial charge is 0.383 e. The number of methoxy groups -OCH3 is 1. The summed E-state index contributed by atoms with van der Waals surface area (Å²) in [4.78, 5) is 3.91. The summed E-state index contributed by atoms with van der Waals surface area (Å²) in [6, 6.07) is 4.02. The molecule has 4 heteroatoms. The zero-order valence-electron chi connectivity index (χ0n) is 8.46. The van der Waals surface area contributed by atoms with Gasteiger partial charge in [-0.3, -0.25) is 0 Å². The van der Waals surface area contributed by atoms with Gasteiger partial charge in [0.25, 0.3) is 0 Å². The van der Waals surface area contributed by atoms with Crippen molar-refractivity contribution >= 4 is 17.3 Å². The lowest BCUT2D eigenvalue weighted by Crippen LogP contribution is -2.23. The van der Waals surface area contributed by atoms with E-state index in [2.05, 4.69) is 17.2 Å². The van der Waals surface area contributed by atoms with E-state index >= 15 is 0 Å². The van der Waals surface area contributed by atoms with Gasteiger partial charge in [-0.15, -0.1) is 0 Å². The minimum Gasteiger partial charge on any atom is -0.383 e. The Morgan fingerprint density at radius 2 is 2.43 bits per heavy atom. The first-order chi connectivity index (χ1) is 6.76. The number of hydrogen-bond acceptors (Lipinski definition) is 3. The number of rotatable bonds is 5. The van der Waals surface area contributed by atoms with Gasteiger partial charge in [0.15, 0.2) is 0 Å². The predicted molar refractivity (Wildman–Crippen MR) is 58.8 cm³/mol. The molecule has 0 spiro atoms. The van der Waals surface area contributed by atoms with E-state index in [4.69, 9.17) is 16.3 Å². The van der Waals surface area contributed by atoms with Crippen molar-refractivity contribution in [3.8, 4) is 0 Å². The van der Waals surface area contributed by atoms with Gasteiger partial charge in [-0.05, 0) is 18.6 Å². The maximum absolute atomic E-state index is 5.77. The molecule has 1 aromatic heterocycles. The van der Waals surface area contributed by atoms with Crippen molar-refractivity contribution in [2.45, 2.75) is 19.4 Å². The van der Waals surface area contributed by atoms with Gasteiger partial charge in [0.05, 0.1) is 6.61 Å². The minimum absolute atomic E-state index is 0.318. The molecule has 14 heavy (non-hydrogen) atoms. The van der Waals surface area contributed by atoms with Gasteiger partial charge in [-0.25, -0.2) is 4.98 Å². The SMILES string of the molecule is CCC(COC)Nc1ccnc(Cl)c1. The Bertz CT molecular complexity index is 281. The standard InChI is InChI=1S/C10H15ClN2O/c1-3-8(7-14-2)13-9-4-5-12-10(11)6-9/h4-6,8H,3,7H2,1-2H3,(H,12,13). The summed E-state index contributed by atoms with van der Waals surface area (Å²) in [5, 5.41) is 3.82. The highest BCUT2D eigenvalue weighted by Crippen LogP contribution is 2.13. The highest BCUT2D eigenvalue weighted by Gasteiger charge is 2.05. The van der Waals surface area contributed by atoms with Crippen molar-refractivity contribution in [2.24, 2.45) is 0 Å². The molecule has 0 amide bonds. The third-order valence-electron chi connectivity index (χ3n) is 1.96. The van der Waals surface area contributed by atoms with E-state index in [-0.39, 0.29) is 0 Å². The van der Waals surface area contributed by atoms with E-state index in [1.54, 1.807) is 19.4 Å². The van der Waals surface area contributed by atoms with Crippen molar-refractivity contribution in [1.29, 1.82) is 0 Å². The molecule has 0 aliphatic heterocycles. The molecule has 1 N–H and O–H groups in total. The molecule has 3 nitrogen and oxygen atoms in total. The molecule has 0 fully saturated rings. The third-order valence-corrected chi connectivity index (χ3v) is 2.16. The molecular weight excluding hydrogens is 200 g/mol. The summed E-state index contributed by atoms with van der Waals surface area (Å²) >= 11 is 5.77. The Morgan fingerprint density at radius 1 is 1.64 bits per heavy atom. The lowest BCUT2D eigenvalue weighted by molar-refractivity contribution is 0.184. The number of nitrogens with one attached hydrogen (secondary N) is 1. The van der Waals surface area contributed by atoms with Gasteiger partial charge in [0, 0.05) is 25.0 Å². The Balaban J connectivity index is 2.57. The zero-order valence-corrected chi connectivity index (χ0v) is 9.21. The van der Waals surface area contributed by atoms with E-state index in [1.807, 2.05) is 6.07 Å². The summed E-state index contributed by atoms with van der Waals surface area (Å²) in [6.07, 6.45) is 2.69. The number of nitrogens with zero attached hydrogens (tertiary/aromatic N) is 1. The van der Waals surface area contributed by atoms with Gasteiger partial charge < -0.3 is 10.1 Å². The second kappa shape index (κ2) is 5.83. The van der Waals surface area contributed by atoms with Crippen molar-refractivity contribution in [3.63, 3.8) is 0 Å². The van der Waals surface area contributed by atoms with Gasteiger partial charge in [-0.1, -0.05) is 18.5 Å². The summed E-state index contributed by atoms with van der Waals surface area (Å²) in [6.45, 7) is 2.80. The van der Waals surface area contributed by atoms with Crippen LogP contribution in [-0.4, -0.2) is 24.7 Å². The fourth-order valence-corrected chi connectivity index (χ4v) is 1.36. The highest BCUT2D eigenvalue weighted by molar-refractivity contribution is 6.29.